The molecule has 0 saturated heterocycles. The molecular weight excluding hydrogens is 281 g/mol. The van der Waals surface area contributed by atoms with Gasteiger partial charge in [-0.1, -0.05) is 0 Å². The Hall–Kier alpha value is 0.354. The maximum atomic E-state index is 11.0. The molecule has 0 aromatic carbocycles. The summed E-state index contributed by atoms with van der Waals surface area (Å²) in [4.78, 5) is 21.7. The summed E-state index contributed by atoms with van der Waals surface area (Å²) >= 11 is 4.62. The molecule has 0 aliphatic rings. The molecule has 0 bridgehead atoms. The van der Waals surface area contributed by atoms with Crippen LogP contribution in [0.5, 0.6) is 0 Å². The Morgan fingerprint density at radius 2 is 1.86 bits per heavy atom. The van der Waals surface area contributed by atoms with E-state index in [1.807, 2.05) is 13.8 Å². The fourth-order valence-corrected chi connectivity index (χ4v) is 0.750. The van der Waals surface area contributed by atoms with Crippen LogP contribution < -0.4 is 10.9 Å². The second kappa shape index (κ2) is 6.77. The first-order valence-corrected chi connectivity index (χ1v) is 6.01. The van der Waals surface area contributed by atoms with E-state index < -0.39 is 0 Å². The molecule has 2 N–H and O–H groups in total. The van der Waals surface area contributed by atoms with Gasteiger partial charge in [0, 0.05) is 0 Å². The number of hydrazine groups is 1. The Morgan fingerprint density at radius 1 is 1.36 bits per heavy atom. The number of rotatable bonds is 4. The molecule has 5 nitrogen and oxygen atoms in total. The molecule has 0 unspecified atom stereocenters. The van der Waals surface area contributed by atoms with Crippen molar-refractivity contribution >= 4 is 24.4 Å². The Bertz CT molecular complexity index is 217. The van der Waals surface area contributed by atoms with E-state index in [2.05, 4.69) is 23.5 Å². The van der Waals surface area contributed by atoms with Crippen molar-refractivity contribution in [2.24, 2.45) is 0 Å². The monoisotopic (exact) mass is 294 g/mol. The third-order valence-electron chi connectivity index (χ3n) is 1.06. The van der Waals surface area contributed by atoms with Crippen LogP contribution in [0.3, 0.4) is 0 Å². The summed E-state index contributed by atoms with van der Waals surface area (Å²) in [6.07, 6.45) is 0. The molecule has 0 heterocycles. The van der Waals surface area contributed by atoms with Crippen molar-refractivity contribution in [1.29, 1.82) is 0 Å². The molecule has 0 aliphatic carbocycles. The van der Waals surface area contributed by atoms with E-state index in [0.717, 1.165) is 31.0 Å². The second-order valence-electron chi connectivity index (χ2n) is 3.15. The first kappa shape index (κ1) is 14.4. The van der Waals surface area contributed by atoms with Gasteiger partial charge in [0.2, 0.25) is 0 Å². The number of ether oxygens (including phenoxy) is 1. The van der Waals surface area contributed by atoms with E-state index in [0.29, 0.717) is 0 Å². The van der Waals surface area contributed by atoms with Gasteiger partial charge >= 0.3 is 109 Å². The molecule has 2 amide bonds. The van der Waals surface area contributed by atoms with Crippen LogP contribution in [0.4, 0.5) is 0 Å². The molecule has 14 heavy (non-hydrogen) atoms. The quantitative estimate of drug-likeness (QED) is 0.477. The van der Waals surface area contributed by atoms with Crippen molar-refractivity contribution in [3.05, 3.63) is 0 Å². The number of amides is 2. The van der Waals surface area contributed by atoms with E-state index in [-0.39, 0.29) is 26.6 Å². The molecule has 0 atom stereocenters. The summed E-state index contributed by atoms with van der Waals surface area (Å²) in [5.74, 6) is -0.693. The van der Waals surface area contributed by atoms with Crippen LogP contribution in [-0.2, 0) is 45.3 Å². The van der Waals surface area contributed by atoms with Gasteiger partial charge in [-0.3, -0.25) is 0 Å². The van der Waals surface area contributed by atoms with Gasteiger partial charge in [-0.05, 0) is 0 Å². The summed E-state index contributed by atoms with van der Waals surface area (Å²) in [7, 11) is 0. The molecule has 0 spiro atoms. The first-order chi connectivity index (χ1) is 6.35. The topological polar surface area (TPSA) is 67.4 Å². The summed E-state index contributed by atoms with van der Waals surface area (Å²) in [5, 5.41) is 0. The summed E-state index contributed by atoms with van der Waals surface area (Å²) in [6, 6.07) is 0. The molecule has 0 aromatic heterocycles. The molecule has 0 aromatic rings. The van der Waals surface area contributed by atoms with Crippen LogP contribution in [0, 0.1) is 0 Å². The van der Waals surface area contributed by atoms with Crippen molar-refractivity contribution in [1.82, 2.24) is 10.9 Å². The molecule has 0 aliphatic heterocycles. The number of hydrogen-bond donors (Lipinski definition) is 3. The fraction of sp³-hybridized carbons (Fsp3) is 0.714. The first-order valence-electron chi connectivity index (χ1n) is 3.96. The number of carbonyl (C=O) groups is 2. The molecule has 0 rings (SSSR count). The van der Waals surface area contributed by atoms with E-state index in [1.54, 1.807) is 0 Å². The standard InChI is InChI=1S/C7H13N2O3S.Y/c1-5(2)12-3-6(10)8-9-7(11)4-13;/h13H,3-4H2,1-2H3,(H,8,10)(H,9,11);. The van der Waals surface area contributed by atoms with Crippen LogP contribution >= 0.6 is 12.6 Å². The Labute approximate surface area is 109 Å². The van der Waals surface area contributed by atoms with E-state index in [4.69, 9.17) is 4.74 Å². The van der Waals surface area contributed by atoms with E-state index in [9.17, 15) is 9.59 Å². The van der Waals surface area contributed by atoms with Gasteiger partial charge in [-0.2, -0.15) is 0 Å². The molecular formula is C7H13N2O3SY. The van der Waals surface area contributed by atoms with Crippen molar-refractivity contribution < 1.29 is 45.3 Å². The Kier molecular flexibility index (Phi) is 6.94. The van der Waals surface area contributed by atoms with Gasteiger partial charge in [-0.15, -0.1) is 0 Å². The van der Waals surface area contributed by atoms with Gasteiger partial charge in [0.1, 0.15) is 0 Å². The van der Waals surface area contributed by atoms with Crippen molar-refractivity contribution in [2.75, 3.05) is 12.4 Å². The Balaban J connectivity index is 3.62. The van der Waals surface area contributed by atoms with Crippen LogP contribution in [0.15, 0.2) is 0 Å². The average molecular weight is 294 g/mol. The van der Waals surface area contributed by atoms with Gasteiger partial charge in [-0.25, -0.2) is 0 Å². The van der Waals surface area contributed by atoms with Gasteiger partial charge < -0.3 is 0 Å². The predicted octanol–water partition coefficient (Wildman–Crippen LogP) is -0.637. The number of hydrogen-bond acceptors (Lipinski definition) is 4. The molecule has 7 heteroatoms. The maximum absolute atomic E-state index is 11.0. The number of nitrogens with one attached hydrogen (secondary N) is 2. The SMILES string of the molecule is C[C](C)([Y])OCC(=O)NNC(=O)CS. The third kappa shape index (κ3) is 8.93. The minimum atomic E-state index is -0.373. The molecule has 78 valence electrons. The minimum absolute atomic E-state index is 0.0346. The van der Waals surface area contributed by atoms with Gasteiger partial charge in [0.15, 0.2) is 0 Å². The molecule has 0 fully saturated rings. The molecule has 0 saturated carbocycles. The zero-order chi connectivity index (χ0) is 11.2. The van der Waals surface area contributed by atoms with Crippen LogP contribution in [0.25, 0.3) is 0 Å². The van der Waals surface area contributed by atoms with Gasteiger partial charge in [0.05, 0.1) is 0 Å². The van der Waals surface area contributed by atoms with Crippen LogP contribution in [0.2, 0.25) is 0 Å². The van der Waals surface area contributed by atoms with E-state index >= 15 is 0 Å². The summed E-state index contributed by atoms with van der Waals surface area (Å²) in [6.45, 7) is 3.74. The third-order valence-corrected chi connectivity index (χ3v) is 1.76. The zero-order valence-electron chi connectivity index (χ0n) is 8.16. The fourth-order valence-electron chi connectivity index (χ4n) is 0.467. The van der Waals surface area contributed by atoms with Crippen molar-refractivity contribution in [3.8, 4) is 0 Å². The Morgan fingerprint density at radius 3 is 2.29 bits per heavy atom. The van der Waals surface area contributed by atoms with Crippen LogP contribution in [0.1, 0.15) is 13.8 Å². The molecule has 0 radical (unpaired) electrons. The van der Waals surface area contributed by atoms with Crippen molar-refractivity contribution in [2.45, 2.75) is 16.3 Å². The zero-order valence-corrected chi connectivity index (χ0v) is 11.9. The second-order valence-corrected chi connectivity index (χ2v) is 6.88. The normalized spacial score (nSPS) is 10.7. The summed E-state index contributed by atoms with van der Waals surface area (Å²) < 4.78 is 4.99. The number of thiol groups is 1. The van der Waals surface area contributed by atoms with Crippen molar-refractivity contribution in [3.63, 3.8) is 0 Å². The summed E-state index contributed by atoms with van der Waals surface area (Å²) in [5.41, 5.74) is 4.39. The predicted molar refractivity (Wildman–Crippen MR) is 50.2 cm³/mol. The van der Waals surface area contributed by atoms with Crippen LogP contribution in [-0.4, -0.2) is 26.6 Å². The number of carbonyl (C=O) groups excluding carboxylic acids is 2. The van der Waals surface area contributed by atoms with E-state index in [1.165, 1.54) is 0 Å². The average Bonchev–Trinajstić information content (AvgIpc) is 2.09. The van der Waals surface area contributed by atoms with Gasteiger partial charge in [0.25, 0.3) is 0 Å².